The van der Waals surface area contributed by atoms with Crippen molar-refractivity contribution in [2.75, 3.05) is 13.1 Å². The predicted molar refractivity (Wildman–Crippen MR) is 93.4 cm³/mol. The van der Waals surface area contributed by atoms with Crippen LogP contribution in [0.3, 0.4) is 0 Å². The average Bonchev–Trinajstić information content (AvgIpc) is 3.19. The molecule has 1 fully saturated rings. The second-order valence-electron chi connectivity index (χ2n) is 6.11. The molecule has 0 atom stereocenters. The molecule has 2 heterocycles. The van der Waals surface area contributed by atoms with Crippen LogP contribution in [0.5, 0.6) is 0 Å². The van der Waals surface area contributed by atoms with Crippen molar-refractivity contribution in [1.29, 1.82) is 0 Å². The van der Waals surface area contributed by atoms with E-state index in [4.69, 9.17) is 0 Å². The molecule has 5 heteroatoms. The lowest BCUT2D eigenvalue weighted by atomic mass is 10.1. The van der Waals surface area contributed by atoms with E-state index in [1.165, 1.54) is 31.5 Å². The van der Waals surface area contributed by atoms with Gasteiger partial charge in [0.2, 0.25) is 5.91 Å². The number of nitrogens with one attached hydrogen (secondary N) is 1. The lowest BCUT2D eigenvalue weighted by molar-refractivity contribution is -0.120. The van der Waals surface area contributed by atoms with Crippen LogP contribution >= 0.6 is 11.3 Å². The second kappa shape index (κ2) is 7.70. The molecule has 0 unspecified atom stereocenters. The second-order valence-corrected chi connectivity index (χ2v) is 7.17. The monoisotopic (exact) mass is 329 g/mol. The topological polar surface area (TPSA) is 45.2 Å². The van der Waals surface area contributed by atoms with Crippen LogP contribution in [0.25, 0.3) is 0 Å². The van der Waals surface area contributed by atoms with Gasteiger partial charge in [0, 0.05) is 18.5 Å². The fourth-order valence-corrected chi connectivity index (χ4v) is 3.49. The zero-order valence-electron chi connectivity index (χ0n) is 13.5. The molecule has 1 aliphatic heterocycles. The predicted octanol–water partition coefficient (Wildman–Crippen LogP) is 2.91. The summed E-state index contributed by atoms with van der Waals surface area (Å²) in [6.07, 6.45) is 3.00. The fraction of sp³-hybridized carbons (Fsp3) is 0.444. The van der Waals surface area contributed by atoms with E-state index in [0.29, 0.717) is 13.0 Å². The highest BCUT2D eigenvalue weighted by Crippen LogP contribution is 2.13. The van der Waals surface area contributed by atoms with E-state index in [9.17, 15) is 4.79 Å². The van der Waals surface area contributed by atoms with Gasteiger partial charge in [-0.05, 0) is 44.0 Å². The Balaban J connectivity index is 1.45. The molecule has 122 valence electrons. The first-order valence-corrected chi connectivity index (χ1v) is 9.05. The average molecular weight is 329 g/mol. The molecule has 0 spiro atoms. The zero-order chi connectivity index (χ0) is 16.1. The molecular formula is C18H23N3OS. The highest BCUT2D eigenvalue weighted by Gasteiger charge is 2.11. The highest BCUT2D eigenvalue weighted by atomic mass is 32.1. The number of hydrogen-bond acceptors (Lipinski definition) is 4. The number of aryl methyl sites for hydroxylation is 1. The van der Waals surface area contributed by atoms with E-state index >= 15 is 0 Å². The maximum atomic E-state index is 11.9. The van der Waals surface area contributed by atoms with E-state index in [1.54, 1.807) is 11.3 Å². The van der Waals surface area contributed by atoms with Crippen LogP contribution in [0, 0.1) is 6.92 Å². The Morgan fingerprint density at radius 2 is 1.91 bits per heavy atom. The van der Waals surface area contributed by atoms with Gasteiger partial charge in [-0.25, -0.2) is 4.98 Å². The number of hydrogen-bond donors (Lipinski definition) is 1. The summed E-state index contributed by atoms with van der Waals surface area (Å²) in [5.74, 6) is 0.0245. The number of likely N-dealkylation sites (tertiary alicyclic amines) is 1. The van der Waals surface area contributed by atoms with Crippen molar-refractivity contribution in [3.05, 3.63) is 51.5 Å². The standard InChI is InChI=1S/C18H23N3OS/c1-14-20-17(13-23-14)10-18(22)19-11-15-4-6-16(7-5-15)12-21-8-2-3-9-21/h4-7,13H,2-3,8-12H2,1H3,(H,19,22). The van der Waals surface area contributed by atoms with Crippen LogP contribution in [0.4, 0.5) is 0 Å². The fourth-order valence-electron chi connectivity index (χ4n) is 2.88. The van der Waals surface area contributed by atoms with Gasteiger partial charge in [0.1, 0.15) is 0 Å². The molecule has 1 aromatic carbocycles. The van der Waals surface area contributed by atoms with Crippen molar-refractivity contribution in [3.63, 3.8) is 0 Å². The van der Waals surface area contributed by atoms with Crippen LogP contribution in [0.1, 0.15) is 34.7 Å². The minimum absolute atomic E-state index is 0.0245. The first-order valence-electron chi connectivity index (χ1n) is 8.17. The Labute approximate surface area is 141 Å². The maximum Gasteiger partial charge on any atom is 0.226 e. The molecule has 1 aromatic heterocycles. The van der Waals surface area contributed by atoms with E-state index in [1.807, 2.05) is 12.3 Å². The van der Waals surface area contributed by atoms with Crippen molar-refractivity contribution in [1.82, 2.24) is 15.2 Å². The Hall–Kier alpha value is -1.72. The van der Waals surface area contributed by atoms with Gasteiger partial charge in [0.05, 0.1) is 17.1 Å². The Kier molecular flexibility index (Phi) is 5.41. The van der Waals surface area contributed by atoms with E-state index in [0.717, 1.165) is 22.8 Å². The van der Waals surface area contributed by atoms with Gasteiger partial charge in [-0.15, -0.1) is 11.3 Å². The molecule has 4 nitrogen and oxygen atoms in total. The van der Waals surface area contributed by atoms with Gasteiger partial charge < -0.3 is 5.32 Å². The van der Waals surface area contributed by atoms with Gasteiger partial charge in [-0.3, -0.25) is 9.69 Å². The minimum Gasteiger partial charge on any atom is -0.352 e. The molecule has 0 aliphatic carbocycles. The first kappa shape index (κ1) is 16.1. The van der Waals surface area contributed by atoms with Crippen LogP contribution in [0.2, 0.25) is 0 Å². The smallest absolute Gasteiger partial charge is 0.226 e. The molecule has 0 saturated carbocycles. The lowest BCUT2D eigenvalue weighted by Crippen LogP contribution is -2.24. The molecule has 3 rings (SSSR count). The van der Waals surface area contributed by atoms with Crippen molar-refractivity contribution in [2.24, 2.45) is 0 Å². The number of aromatic nitrogens is 1. The minimum atomic E-state index is 0.0245. The maximum absolute atomic E-state index is 11.9. The Bertz CT molecular complexity index is 645. The number of amides is 1. The summed E-state index contributed by atoms with van der Waals surface area (Å²) in [6, 6.07) is 8.56. The van der Waals surface area contributed by atoms with Gasteiger partial charge in [-0.2, -0.15) is 0 Å². The van der Waals surface area contributed by atoms with Crippen LogP contribution in [-0.4, -0.2) is 28.9 Å². The van der Waals surface area contributed by atoms with Crippen molar-refractivity contribution in [2.45, 2.75) is 39.3 Å². The Morgan fingerprint density at radius 1 is 1.22 bits per heavy atom. The largest absolute Gasteiger partial charge is 0.352 e. The number of benzene rings is 1. The molecule has 2 aromatic rings. The van der Waals surface area contributed by atoms with Crippen molar-refractivity contribution < 1.29 is 4.79 Å². The molecular weight excluding hydrogens is 306 g/mol. The van der Waals surface area contributed by atoms with Gasteiger partial charge in [0.15, 0.2) is 0 Å². The van der Waals surface area contributed by atoms with E-state index < -0.39 is 0 Å². The zero-order valence-corrected chi connectivity index (χ0v) is 14.4. The lowest BCUT2D eigenvalue weighted by Gasteiger charge is -2.14. The SMILES string of the molecule is Cc1nc(CC(=O)NCc2ccc(CN3CCCC3)cc2)cs1. The summed E-state index contributed by atoms with van der Waals surface area (Å²) in [5, 5.41) is 5.91. The van der Waals surface area contributed by atoms with Crippen LogP contribution in [0.15, 0.2) is 29.6 Å². The third-order valence-corrected chi connectivity index (χ3v) is 4.95. The molecule has 1 saturated heterocycles. The summed E-state index contributed by atoms with van der Waals surface area (Å²) in [5.41, 5.74) is 3.34. The summed E-state index contributed by atoms with van der Waals surface area (Å²) < 4.78 is 0. The first-order chi connectivity index (χ1) is 11.2. The van der Waals surface area contributed by atoms with Gasteiger partial charge >= 0.3 is 0 Å². The van der Waals surface area contributed by atoms with Crippen molar-refractivity contribution >= 4 is 17.2 Å². The Morgan fingerprint density at radius 3 is 2.57 bits per heavy atom. The number of rotatable bonds is 6. The van der Waals surface area contributed by atoms with E-state index in [2.05, 4.69) is 39.5 Å². The van der Waals surface area contributed by atoms with E-state index in [-0.39, 0.29) is 5.91 Å². The number of carbonyl (C=O) groups excluding carboxylic acids is 1. The number of carbonyl (C=O) groups is 1. The molecule has 0 bridgehead atoms. The summed E-state index contributed by atoms with van der Waals surface area (Å²) in [7, 11) is 0. The van der Waals surface area contributed by atoms with Crippen LogP contribution in [-0.2, 0) is 24.3 Å². The van der Waals surface area contributed by atoms with Crippen molar-refractivity contribution in [3.8, 4) is 0 Å². The number of thiazole rings is 1. The molecule has 0 radical (unpaired) electrons. The third kappa shape index (κ3) is 4.88. The molecule has 1 amide bonds. The van der Waals surface area contributed by atoms with Gasteiger partial charge in [0.25, 0.3) is 0 Å². The highest BCUT2D eigenvalue weighted by molar-refractivity contribution is 7.09. The third-order valence-electron chi connectivity index (χ3n) is 4.13. The molecule has 23 heavy (non-hydrogen) atoms. The summed E-state index contributed by atoms with van der Waals surface area (Å²) >= 11 is 1.58. The van der Waals surface area contributed by atoms with Gasteiger partial charge in [-0.1, -0.05) is 24.3 Å². The normalized spacial score (nSPS) is 15.0. The number of nitrogens with zero attached hydrogens (tertiary/aromatic N) is 2. The summed E-state index contributed by atoms with van der Waals surface area (Å²) in [6.45, 7) is 6.00. The summed E-state index contributed by atoms with van der Waals surface area (Å²) in [4.78, 5) is 18.8. The van der Waals surface area contributed by atoms with Crippen LogP contribution < -0.4 is 5.32 Å². The molecule has 1 N–H and O–H groups in total. The molecule has 1 aliphatic rings. The quantitative estimate of drug-likeness (QED) is 0.886.